The highest BCUT2D eigenvalue weighted by Gasteiger charge is 2.32. The molecular weight excluding hydrogens is 476 g/mol. The summed E-state index contributed by atoms with van der Waals surface area (Å²) in [7, 11) is 0. The number of carbonyl (C=O) groups is 2. The molecule has 0 aromatic heterocycles. The highest BCUT2D eigenvalue weighted by molar-refractivity contribution is 5.87. The number of hydrogen-bond acceptors (Lipinski definition) is 5. The summed E-state index contributed by atoms with van der Waals surface area (Å²) in [4.78, 5) is 23.8. The molecule has 2 aliphatic carbocycles. The van der Waals surface area contributed by atoms with Crippen LogP contribution in [0.5, 0.6) is 0 Å². The Kier molecular flexibility index (Phi) is 15.3. The molecule has 2 fully saturated rings. The summed E-state index contributed by atoms with van der Waals surface area (Å²) in [6.45, 7) is 13.6. The van der Waals surface area contributed by atoms with E-state index in [1.807, 2.05) is 0 Å². The van der Waals surface area contributed by atoms with Crippen molar-refractivity contribution in [2.45, 2.75) is 117 Å². The first-order valence-electron chi connectivity index (χ1n) is 15.5. The van der Waals surface area contributed by atoms with Crippen LogP contribution in [0.15, 0.2) is 24.3 Å². The van der Waals surface area contributed by atoms with Crippen LogP contribution in [0, 0.1) is 35.5 Å². The van der Waals surface area contributed by atoms with Crippen LogP contribution in [0.2, 0.25) is 0 Å². The molecule has 5 nitrogen and oxygen atoms in total. The molecule has 0 bridgehead atoms. The zero-order valence-corrected chi connectivity index (χ0v) is 24.7. The monoisotopic (exact) mass is 532 g/mol. The lowest BCUT2D eigenvalue weighted by molar-refractivity contribution is -0.141. The van der Waals surface area contributed by atoms with Gasteiger partial charge in [-0.1, -0.05) is 71.4 Å². The molecule has 0 aliphatic heterocycles. The van der Waals surface area contributed by atoms with Gasteiger partial charge >= 0.3 is 11.9 Å². The molecule has 2 saturated carbocycles. The van der Waals surface area contributed by atoms with Crippen molar-refractivity contribution in [3.63, 3.8) is 0 Å². The van der Waals surface area contributed by atoms with E-state index < -0.39 is 5.97 Å². The maximum absolute atomic E-state index is 12.1. The van der Waals surface area contributed by atoms with Crippen LogP contribution in [0.1, 0.15) is 117 Å². The summed E-state index contributed by atoms with van der Waals surface area (Å²) in [6.07, 6.45) is 18.8. The molecule has 0 heterocycles. The Balaban J connectivity index is 1.82. The Labute approximate surface area is 232 Å². The van der Waals surface area contributed by atoms with Crippen molar-refractivity contribution < 1.29 is 24.2 Å². The van der Waals surface area contributed by atoms with Crippen molar-refractivity contribution in [3.05, 3.63) is 24.3 Å². The van der Waals surface area contributed by atoms with Gasteiger partial charge in [0.05, 0.1) is 13.2 Å². The van der Waals surface area contributed by atoms with Crippen LogP contribution in [-0.2, 0) is 19.1 Å². The van der Waals surface area contributed by atoms with Crippen LogP contribution >= 0.6 is 0 Å². The van der Waals surface area contributed by atoms with Crippen molar-refractivity contribution in [2.75, 3.05) is 19.8 Å². The fourth-order valence-electron chi connectivity index (χ4n) is 6.74. The van der Waals surface area contributed by atoms with Gasteiger partial charge < -0.3 is 14.6 Å². The average molecular weight is 533 g/mol. The summed E-state index contributed by atoms with van der Waals surface area (Å²) in [5.74, 6) is 2.88. The molecule has 0 amide bonds. The van der Waals surface area contributed by atoms with E-state index >= 15 is 0 Å². The minimum atomic E-state index is -0.393. The molecule has 218 valence electrons. The van der Waals surface area contributed by atoms with Gasteiger partial charge in [0, 0.05) is 17.8 Å². The van der Waals surface area contributed by atoms with Gasteiger partial charge in [-0.05, 0) is 94.3 Å². The number of aliphatic hydroxyl groups is 1. The van der Waals surface area contributed by atoms with Crippen LogP contribution in [0.3, 0.4) is 0 Å². The summed E-state index contributed by atoms with van der Waals surface area (Å²) >= 11 is 0. The number of aliphatic hydroxyl groups excluding tert-OH is 1. The standard InChI is InChI=1S/C33H56O5/c1-6-7-8-9-26-10-14-30(15-11-26)31-16-12-27(13-17-31)20-29(23-38-33(36)25(4)5)21-28(22-34)18-19-37-32(35)24(2)3/h26-31,34H,2,4,6-23H2,1,3,5H3. The fraction of sp³-hybridized carbons (Fsp3) is 0.818. The van der Waals surface area contributed by atoms with E-state index in [0.717, 1.165) is 30.6 Å². The van der Waals surface area contributed by atoms with Gasteiger partial charge in [-0.25, -0.2) is 9.59 Å². The van der Waals surface area contributed by atoms with Crippen LogP contribution in [0.4, 0.5) is 0 Å². The van der Waals surface area contributed by atoms with Crippen molar-refractivity contribution in [1.29, 1.82) is 0 Å². The number of esters is 2. The van der Waals surface area contributed by atoms with Gasteiger partial charge in [-0.3, -0.25) is 0 Å². The smallest absolute Gasteiger partial charge is 0.333 e. The quantitative estimate of drug-likeness (QED) is 0.117. The Morgan fingerprint density at radius 1 is 0.816 bits per heavy atom. The molecule has 0 aromatic carbocycles. The minimum absolute atomic E-state index is 0.00491. The number of ether oxygens (including phenoxy) is 2. The summed E-state index contributed by atoms with van der Waals surface area (Å²) in [5, 5.41) is 10.00. The Morgan fingerprint density at radius 3 is 1.89 bits per heavy atom. The summed E-state index contributed by atoms with van der Waals surface area (Å²) in [6, 6.07) is 0. The lowest BCUT2D eigenvalue weighted by Gasteiger charge is -2.38. The number of rotatable bonds is 17. The maximum Gasteiger partial charge on any atom is 0.333 e. The fourth-order valence-corrected chi connectivity index (χ4v) is 6.74. The first kappa shape index (κ1) is 32.6. The normalized spacial score (nSPS) is 25.3. The first-order chi connectivity index (χ1) is 18.2. The highest BCUT2D eigenvalue weighted by atomic mass is 16.5. The van der Waals surface area contributed by atoms with E-state index in [0.29, 0.717) is 30.1 Å². The third-order valence-electron chi connectivity index (χ3n) is 9.16. The zero-order chi connectivity index (χ0) is 27.9. The second kappa shape index (κ2) is 17.9. The van der Waals surface area contributed by atoms with Crippen molar-refractivity contribution in [2.24, 2.45) is 35.5 Å². The molecule has 2 unspecified atom stereocenters. The molecular formula is C33H56O5. The molecule has 2 rings (SSSR count). The second-order valence-electron chi connectivity index (χ2n) is 12.5. The van der Waals surface area contributed by atoms with Gasteiger partial charge in [0.25, 0.3) is 0 Å². The Bertz CT molecular complexity index is 728. The molecule has 5 heteroatoms. The zero-order valence-electron chi connectivity index (χ0n) is 24.7. The van der Waals surface area contributed by atoms with Crippen molar-refractivity contribution in [1.82, 2.24) is 0 Å². The van der Waals surface area contributed by atoms with E-state index in [-0.39, 0.29) is 31.0 Å². The molecule has 38 heavy (non-hydrogen) atoms. The van der Waals surface area contributed by atoms with E-state index in [1.165, 1.54) is 77.0 Å². The molecule has 2 atom stereocenters. The predicted octanol–water partition coefficient (Wildman–Crippen LogP) is 7.81. The van der Waals surface area contributed by atoms with Crippen LogP contribution < -0.4 is 0 Å². The molecule has 2 aliphatic rings. The van der Waals surface area contributed by atoms with Crippen LogP contribution in [-0.4, -0.2) is 36.9 Å². The number of hydrogen-bond donors (Lipinski definition) is 1. The third-order valence-corrected chi connectivity index (χ3v) is 9.16. The minimum Gasteiger partial charge on any atom is -0.462 e. The van der Waals surface area contributed by atoms with E-state index in [2.05, 4.69) is 20.1 Å². The van der Waals surface area contributed by atoms with Gasteiger partial charge in [0.2, 0.25) is 0 Å². The van der Waals surface area contributed by atoms with E-state index in [1.54, 1.807) is 13.8 Å². The van der Waals surface area contributed by atoms with E-state index in [9.17, 15) is 14.7 Å². The first-order valence-corrected chi connectivity index (χ1v) is 15.5. The third kappa shape index (κ3) is 12.1. The van der Waals surface area contributed by atoms with E-state index in [4.69, 9.17) is 9.47 Å². The average Bonchev–Trinajstić information content (AvgIpc) is 2.91. The lowest BCUT2D eigenvalue weighted by atomic mass is 9.67. The highest BCUT2D eigenvalue weighted by Crippen LogP contribution is 2.43. The summed E-state index contributed by atoms with van der Waals surface area (Å²) < 4.78 is 10.8. The van der Waals surface area contributed by atoms with Crippen molar-refractivity contribution in [3.8, 4) is 0 Å². The Hall–Kier alpha value is -1.62. The Morgan fingerprint density at radius 2 is 1.37 bits per heavy atom. The molecule has 1 N–H and O–H groups in total. The SMILES string of the molecule is C=C(C)C(=O)OCCC(CO)CC(COC(=O)C(=C)C)CC1CCC(C2CCC(CCCCC)CC2)CC1. The largest absolute Gasteiger partial charge is 0.462 e. The van der Waals surface area contributed by atoms with Gasteiger partial charge in [0.1, 0.15) is 0 Å². The van der Waals surface area contributed by atoms with Gasteiger partial charge in [-0.2, -0.15) is 0 Å². The van der Waals surface area contributed by atoms with Crippen molar-refractivity contribution >= 4 is 11.9 Å². The molecule has 0 radical (unpaired) electrons. The molecule has 0 spiro atoms. The predicted molar refractivity (Wildman–Crippen MR) is 155 cm³/mol. The lowest BCUT2D eigenvalue weighted by Crippen LogP contribution is -2.28. The van der Waals surface area contributed by atoms with Gasteiger partial charge in [-0.15, -0.1) is 0 Å². The maximum atomic E-state index is 12.1. The van der Waals surface area contributed by atoms with Gasteiger partial charge in [0.15, 0.2) is 0 Å². The number of carbonyl (C=O) groups excluding carboxylic acids is 2. The molecule has 0 saturated heterocycles. The van der Waals surface area contributed by atoms with Crippen LogP contribution in [0.25, 0.3) is 0 Å². The molecule has 0 aromatic rings. The second-order valence-corrected chi connectivity index (χ2v) is 12.5. The summed E-state index contributed by atoms with van der Waals surface area (Å²) in [5.41, 5.74) is 0.792. The number of unbranched alkanes of at least 4 members (excludes halogenated alkanes) is 2. The topological polar surface area (TPSA) is 72.8 Å².